The van der Waals surface area contributed by atoms with Crippen LogP contribution in [0.3, 0.4) is 0 Å². The highest BCUT2D eigenvalue weighted by molar-refractivity contribution is 7.11. The van der Waals surface area contributed by atoms with Crippen LogP contribution in [0.4, 0.5) is 13.2 Å². The summed E-state index contributed by atoms with van der Waals surface area (Å²) in [4.78, 5) is 6.05. The van der Waals surface area contributed by atoms with E-state index in [0.29, 0.717) is 22.5 Å². The van der Waals surface area contributed by atoms with Crippen LogP contribution in [-0.2, 0) is 12.7 Å². The van der Waals surface area contributed by atoms with Crippen molar-refractivity contribution in [2.24, 2.45) is 0 Å². The number of piperidine rings is 1. The smallest absolute Gasteiger partial charge is 0.316 e. The van der Waals surface area contributed by atoms with Crippen LogP contribution >= 0.6 is 11.3 Å². The van der Waals surface area contributed by atoms with Crippen LogP contribution in [0.15, 0.2) is 0 Å². The minimum atomic E-state index is -4.35. The van der Waals surface area contributed by atoms with Gasteiger partial charge in [-0.1, -0.05) is 0 Å². The van der Waals surface area contributed by atoms with Gasteiger partial charge in [0.2, 0.25) is 0 Å². The second-order valence-electron chi connectivity index (χ2n) is 4.87. The summed E-state index contributed by atoms with van der Waals surface area (Å²) in [7, 11) is 1.89. The van der Waals surface area contributed by atoms with E-state index in [2.05, 4.69) is 15.2 Å². The number of halogens is 3. The zero-order chi connectivity index (χ0) is 14.0. The quantitative estimate of drug-likeness (QED) is 0.928. The number of hydrogen-bond acceptors (Lipinski definition) is 4. The van der Waals surface area contributed by atoms with Gasteiger partial charge in [-0.25, -0.2) is 4.98 Å². The van der Waals surface area contributed by atoms with Crippen molar-refractivity contribution in [3.8, 4) is 0 Å². The number of hydrogen-bond donors (Lipinski definition) is 1. The van der Waals surface area contributed by atoms with Crippen LogP contribution in [0.5, 0.6) is 0 Å². The van der Waals surface area contributed by atoms with E-state index in [-0.39, 0.29) is 0 Å². The van der Waals surface area contributed by atoms with Crippen molar-refractivity contribution in [3.63, 3.8) is 0 Å². The Labute approximate surface area is 114 Å². The molecule has 1 aliphatic heterocycles. The lowest BCUT2D eigenvalue weighted by Crippen LogP contribution is -2.43. The number of likely N-dealkylation sites (tertiary alicyclic amines) is 1. The molecule has 1 atom stereocenters. The third-order valence-electron chi connectivity index (χ3n) is 3.35. The number of nitrogens with one attached hydrogen (secondary N) is 1. The van der Waals surface area contributed by atoms with Crippen LogP contribution in [-0.4, -0.2) is 36.1 Å². The summed E-state index contributed by atoms with van der Waals surface area (Å²) in [5.41, 5.74) is -0.707. The zero-order valence-corrected chi connectivity index (χ0v) is 11.9. The molecule has 3 nitrogen and oxygen atoms in total. The van der Waals surface area contributed by atoms with E-state index in [1.807, 2.05) is 7.05 Å². The fourth-order valence-electron chi connectivity index (χ4n) is 2.44. The molecule has 1 saturated heterocycles. The van der Waals surface area contributed by atoms with Gasteiger partial charge in [-0.05, 0) is 33.4 Å². The molecule has 1 unspecified atom stereocenters. The van der Waals surface area contributed by atoms with E-state index in [0.717, 1.165) is 37.3 Å². The van der Waals surface area contributed by atoms with E-state index in [9.17, 15) is 13.2 Å². The number of thiazole rings is 1. The van der Waals surface area contributed by atoms with Crippen molar-refractivity contribution >= 4 is 11.3 Å². The third-order valence-corrected chi connectivity index (χ3v) is 4.31. The molecule has 0 bridgehead atoms. The highest BCUT2D eigenvalue weighted by Gasteiger charge is 2.37. The predicted molar refractivity (Wildman–Crippen MR) is 69.2 cm³/mol. The summed E-state index contributed by atoms with van der Waals surface area (Å²) >= 11 is 1.15. The van der Waals surface area contributed by atoms with Crippen molar-refractivity contribution in [3.05, 3.63) is 15.6 Å². The third kappa shape index (κ3) is 3.67. The molecule has 1 N–H and O–H groups in total. The number of nitrogens with zero attached hydrogens (tertiary/aromatic N) is 2. The Morgan fingerprint density at radius 1 is 1.47 bits per heavy atom. The molecule has 0 saturated carbocycles. The van der Waals surface area contributed by atoms with Crippen molar-refractivity contribution in [2.45, 2.75) is 38.5 Å². The van der Waals surface area contributed by atoms with E-state index in [1.54, 1.807) is 6.92 Å². The summed E-state index contributed by atoms with van der Waals surface area (Å²) in [6, 6.07) is 0.372. The van der Waals surface area contributed by atoms with Crippen molar-refractivity contribution in [1.29, 1.82) is 0 Å². The second-order valence-corrected chi connectivity index (χ2v) is 6.15. The van der Waals surface area contributed by atoms with Gasteiger partial charge in [-0.2, -0.15) is 13.2 Å². The minimum absolute atomic E-state index is 0.335. The number of aromatic nitrogens is 1. The molecule has 108 valence electrons. The molecule has 1 aromatic rings. The Hall–Kier alpha value is -0.660. The van der Waals surface area contributed by atoms with Crippen LogP contribution in [0.1, 0.15) is 28.4 Å². The first kappa shape index (κ1) is 14.7. The van der Waals surface area contributed by atoms with E-state index >= 15 is 0 Å². The van der Waals surface area contributed by atoms with E-state index < -0.39 is 11.9 Å². The molecule has 1 aromatic heterocycles. The molecule has 0 aromatic carbocycles. The van der Waals surface area contributed by atoms with Gasteiger partial charge in [-0.15, -0.1) is 11.3 Å². The molecule has 1 fully saturated rings. The Balaban J connectivity index is 2.10. The standard InChI is InChI=1S/C12H18F3N3S/c1-8-17-11(12(13,14)15)10(19-8)7-18-5-3-4-9(6-18)16-2/h9,16H,3-7H2,1-2H3. The number of likely N-dealkylation sites (N-methyl/N-ethyl adjacent to an activating group) is 1. The molecule has 0 spiro atoms. The van der Waals surface area contributed by atoms with Crippen LogP contribution in [0, 0.1) is 6.92 Å². The predicted octanol–water partition coefficient (Wildman–Crippen LogP) is 2.65. The minimum Gasteiger partial charge on any atom is -0.316 e. The molecule has 2 heterocycles. The molecule has 0 radical (unpaired) electrons. The number of alkyl halides is 3. The summed E-state index contributed by atoms with van der Waals surface area (Å²) < 4.78 is 38.6. The summed E-state index contributed by atoms with van der Waals surface area (Å²) in [6.07, 6.45) is -2.25. The maximum Gasteiger partial charge on any atom is 0.434 e. The second kappa shape index (κ2) is 5.76. The fourth-order valence-corrected chi connectivity index (χ4v) is 3.43. The van der Waals surface area contributed by atoms with Crippen molar-refractivity contribution < 1.29 is 13.2 Å². The van der Waals surface area contributed by atoms with Crippen LogP contribution < -0.4 is 5.32 Å². The maximum absolute atomic E-state index is 12.9. The molecule has 7 heteroatoms. The molecule has 1 aliphatic rings. The lowest BCUT2D eigenvalue weighted by Gasteiger charge is -2.32. The van der Waals surface area contributed by atoms with Crippen molar-refractivity contribution in [1.82, 2.24) is 15.2 Å². The first-order valence-electron chi connectivity index (χ1n) is 6.33. The van der Waals surface area contributed by atoms with E-state index in [1.165, 1.54) is 0 Å². The normalized spacial score (nSPS) is 21.8. The fraction of sp³-hybridized carbons (Fsp3) is 0.750. The monoisotopic (exact) mass is 293 g/mol. The van der Waals surface area contributed by atoms with Gasteiger partial charge < -0.3 is 5.32 Å². The van der Waals surface area contributed by atoms with Gasteiger partial charge in [0, 0.05) is 19.1 Å². The first-order chi connectivity index (χ1) is 8.90. The van der Waals surface area contributed by atoms with Crippen LogP contribution in [0.25, 0.3) is 0 Å². The zero-order valence-electron chi connectivity index (χ0n) is 11.0. The van der Waals surface area contributed by atoms with Crippen LogP contribution in [0.2, 0.25) is 0 Å². The van der Waals surface area contributed by atoms with E-state index in [4.69, 9.17) is 0 Å². The van der Waals surface area contributed by atoms with Crippen molar-refractivity contribution in [2.75, 3.05) is 20.1 Å². The summed E-state index contributed by atoms with van der Waals surface area (Å²) in [5.74, 6) is 0. The number of aryl methyl sites for hydroxylation is 1. The summed E-state index contributed by atoms with van der Waals surface area (Å²) in [6.45, 7) is 3.62. The first-order valence-corrected chi connectivity index (χ1v) is 7.15. The number of rotatable bonds is 3. The van der Waals surface area contributed by atoms with Gasteiger partial charge in [0.05, 0.1) is 9.88 Å². The lowest BCUT2D eigenvalue weighted by atomic mass is 10.1. The van der Waals surface area contributed by atoms with Gasteiger partial charge in [-0.3, -0.25) is 4.90 Å². The largest absolute Gasteiger partial charge is 0.434 e. The molecule has 2 rings (SSSR count). The molecular formula is C12H18F3N3S. The van der Waals surface area contributed by atoms with Gasteiger partial charge in [0.1, 0.15) is 0 Å². The molecule has 0 aliphatic carbocycles. The Kier molecular flexibility index (Phi) is 4.47. The van der Waals surface area contributed by atoms with Gasteiger partial charge in [0.25, 0.3) is 0 Å². The Morgan fingerprint density at radius 2 is 2.21 bits per heavy atom. The average Bonchev–Trinajstić information content (AvgIpc) is 2.70. The Bertz CT molecular complexity index is 430. The maximum atomic E-state index is 12.9. The molecule has 0 amide bonds. The average molecular weight is 293 g/mol. The molecule has 19 heavy (non-hydrogen) atoms. The lowest BCUT2D eigenvalue weighted by molar-refractivity contribution is -0.141. The summed E-state index contributed by atoms with van der Waals surface area (Å²) in [5, 5.41) is 3.67. The van der Waals surface area contributed by atoms with Gasteiger partial charge in [0.15, 0.2) is 5.69 Å². The highest BCUT2D eigenvalue weighted by Crippen LogP contribution is 2.35. The highest BCUT2D eigenvalue weighted by atomic mass is 32.1. The molecular weight excluding hydrogens is 275 g/mol. The topological polar surface area (TPSA) is 28.2 Å². The Morgan fingerprint density at radius 3 is 2.84 bits per heavy atom. The van der Waals surface area contributed by atoms with Gasteiger partial charge >= 0.3 is 6.18 Å². The SMILES string of the molecule is CNC1CCCN(Cc2sc(C)nc2C(F)(F)F)C1.